The molecule has 0 bridgehead atoms. The van der Waals surface area contributed by atoms with Gasteiger partial charge in [-0.3, -0.25) is 9.69 Å². The van der Waals surface area contributed by atoms with E-state index in [4.69, 9.17) is 0 Å². The first-order valence-electron chi connectivity index (χ1n) is 7.56. The number of benzene rings is 1. The van der Waals surface area contributed by atoms with E-state index in [2.05, 4.69) is 4.90 Å². The fourth-order valence-corrected chi connectivity index (χ4v) is 2.82. The number of hydrogen-bond acceptors (Lipinski definition) is 3. The maximum atomic E-state index is 12.6. The smallest absolute Gasteiger partial charge is 0.156 e. The lowest BCUT2D eigenvalue weighted by molar-refractivity contribution is -0.128. The lowest BCUT2D eigenvalue weighted by atomic mass is 9.91. The van der Waals surface area contributed by atoms with E-state index in [9.17, 15) is 9.90 Å². The molecule has 1 aliphatic heterocycles. The lowest BCUT2D eigenvalue weighted by Crippen LogP contribution is -2.51. The van der Waals surface area contributed by atoms with Crippen LogP contribution >= 0.6 is 0 Å². The molecule has 2 rings (SSSR count). The summed E-state index contributed by atoms with van der Waals surface area (Å²) in [5.41, 5.74) is 0.568. The predicted octanol–water partition coefficient (Wildman–Crippen LogP) is 3.16. The highest BCUT2D eigenvalue weighted by atomic mass is 16.3. The van der Waals surface area contributed by atoms with Gasteiger partial charge in [-0.05, 0) is 57.5 Å². The molecule has 1 N–H and O–H groups in total. The molecule has 1 aromatic carbocycles. The monoisotopic (exact) mass is 275 g/mol. The first-order valence-corrected chi connectivity index (χ1v) is 7.56. The molecule has 0 spiro atoms. The minimum absolute atomic E-state index is 0.243. The highest BCUT2D eigenvalue weighted by Crippen LogP contribution is 2.23. The normalized spacial score (nSPS) is 17.7. The van der Waals surface area contributed by atoms with E-state index in [0.29, 0.717) is 6.42 Å². The molecule has 1 aliphatic rings. The largest absolute Gasteiger partial charge is 0.508 e. The Bertz CT molecular complexity index is 443. The number of rotatable bonds is 4. The molecular formula is C17H25NO2. The molecule has 110 valence electrons. The Labute approximate surface area is 121 Å². The zero-order valence-corrected chi connectivity index (χ0v) is 12.6. The first kappa shape index (κ1) is 15.0. The summed E-state index contributed by atoms with van der Waals surface area (Å²) >= 11 is 0. The molecule has 1 heterocycles. The minimum atomic E-state index is -0.401. The molecule has 0 aromatic heterocycles. The Morgan fingerprint density at radius 3 is 2.20 bits per heavy atom. The molecule has 3 nitrogen and oxygen atoms in total. The summed E-state index contributed by atoms with van der Waals surface area (Å²) < 4.78 is 0. The number of carbonyl (C=O) groups is 1. The van der Waals surface area contributed by atoms with Crippen molar-refractivity contribution in [2.75, 3.05) is 13.1 Å². The van der Waals surface area contributed by atoms with Crippen LogP contribution in [0, 0.1) is 0 Å². The van der Waals surface area contributed by atoms with E-state index in [-0.39, 0.29) is 11.5 Å². The van der Waals surface area contributed by atoms with Crippen LogP contribution in [0.25, 0.3) is 0 Å². The van der Waals surface area contributed by atoms with Crippen LogP contribution in [0.1, 0.15) is 45.1 Å². The average Bonchev–Trinajstić information content (AvgIpc) is 2.70. The number of Topliss-reactive ketones (excluding diaryl/α,β-unsaturated/α-hetero) is 1. The Morgan fingerprint density at radius 1 is 1.10 bits per heavy atom. The molecule has 20 heavy (non-hydrogen) atoms. The highest BCUT2D eigenvalue weighted by Gasteiger charge is 2.34. The molecule has 0 atom stereocenters. The van der Waals surface area contributed by atoms with Crippen LogP contribution in [-0.4, -0.2) is 34.4 Å². The van der Waals surface area contributed by atoms with Crippen molar-refractivity contribution in [1.82, 2.24) is 4.90 Å². The molecular weight excluding hydrogens is 250 g/mol. The maximum absolute atomic E-state index is 12.6. The number of ketones is 1. The van der Waals surface area contributed by atoms with Gasteiger partial charge >= 0.3 is 0 Å². The third-order valence-corrected chi connectivity index (χ3v) is 4.38. The number of aromatic hydroxyl groups is 1. The van der Waals surface area contributed by atoms with Crippen molar-refractivity contribution in [3.05, 3.63) is 29.8 Å². The van der Waals surface area contributed by atoms with Gasteiger partial charge in [0.1, 0.15) is 5.75 Å². The van der Waals surface area contributed by atoms with Gasteiger partial charge in [0.25, 0.3) is 0 Å². The van der Waals surface area contributed by atoms with Crippen molar-refractivity contribution in [1.29, 1.82) is 0 Å². The van der Waals surface area contributed by atoms with Crippen LogP contribution in [0.15, 0.2) is 24.3 Å². The fourth-order valence-electron chi connectivity index (χ4n) is 2.82. The Hall–Kier alpha value is -1.35. The molecule has 0 amide bonds. The number of likely N-dealkylation sites (tertiary alicyclic amines) is 1. The second-order valence-electron chi connectivity index (χ2n) is 6.23. The van der Waals surface area contributed by atoms with Crippen molar-refractivity contribution in [2.24, 2.45) is 0 Å². The van der Waals surface area contributed by atoms with Gasteiger partial charge in [-0.2, -0.15) is 0 Å². The van der Waals surface area contributed by atoms with Gasteiger partial charge in [0.2, 0.25) is 0 Å². The van der Waals surface area contributed by atoms with Crippen LogP contribution < -0.4 is 0 Å². The summed E-state index contributed by atoms with van der Waals surface area (Å²) in [5.74, 6) is 0.498. The van der Waals surface area contributed by atoms with Gasteiger partial charge in [-0.1, -0.05) is 25.0 Å². The van der Waals surface area contributed by atoms with Crippen LogP contribution in [-0.2, 0) is 11.2 Å². The topological polar surface area (TPSA) is 40.5 Å². The molecule has 0 aliphatic carbocycles. The Morgan fingerprint density at radius 2 is 1.65 bits per heavy atom. The second-order valence-corrected chi connectivity index (χ2v) is 6.23. The maximum Gasteiger partial charge on any atom is 0.156 e. The standard InChI is InChI=1S/C17H25NO2/c1-17(2,18-11-5-3-4-6-12-18)16(20)13-14-7-9-15(19)10-8-14/h7-10,19H,3-6,11-13H2,1-2H3. The van der Waals surface area contributed by atoms with E-state index in [1.165, 1.54) is 25.7 Å². The van der Waals surface area contributed by atoms with Crippen LogP contribution in [0.2, 0.25) is 0 Å². The van der Waals surface area contributed by atoms with E-state index in [0.717, 1.165) is 18.7 Å². The molecule has 1 aromatic rings. The van der Waals surface area contributed by atoms with Crippen molar-refractivity contribution >= 4 is 5.78 Å². The number of hydrogen-bond donors (Lipinski definition) is 1. The quantitative estimate of drug-likeness (QED) is 0.917. The molecule has 0 unspecified atom stereocenters. The summed E-state index contributed by atoms with van der Waals surface area (Å²) in [5, 5.41) is 9.29. The van der Waals surface area contributed by atoms with E-state index >= 15 is 0 Å². The van der Waals surface area contributed by atoms with Gasteiger partial charge < -0.3 is 5.11 Å². The van der Waals surface area contributed by atoms with Crippen LogP contribution in [0.4, 0.5) is 0 Å². The average molecular weight is 275 g/mol. The number of phenols is 1. The Balaban J connectivity index is 2.03. The van der Waals surface area contributed by atoms with Crippen LogP contribution in [0.3, 0.4) is 0 Å². The third-order valence-electron chi connectivity index (χ3n) is 4.38. The van der Waals surface area contributed by atoms with Gasteiger partial charge in [-0.15, -0.1) is 0 Å². The van der Waals surface area contributed by atoms with Crippen molar-refractivity contribution in [2.45, 2.75) is 51.5 Å². The molecule has 3 heteroatoms. The summed E-state index contributed by atoms with van der Waals surface area (Å²) in [6.07, 6.45) is 5.37. The lowest BCUT2D eigenvalue weighted by Gasteiger charge is -2.36. The molecule has 1 saturated heterocycles. The van der Waals surface area contributed by atoms with Gasteiger partial charge in [0.15, 0.2) is 5.78 Å². The summed E-state index contributed by atoms with van der Waals surface area (Å²) in [7, 11) is 0. The number of phenolic OH excluding ortho intramolecular Hbond substituents is 1. The molecule has 0 saturated carbocycles. The Kier molecular flexibility index (Phi) is 4.81. The van der Waals surface area contributed by atoms with E-state index in [1.54, 1.807) is 12.1 Å². The number of carbonyl (C=O) groups excluding carboxylic acids is 1. The molecule has 1 fully saturated rings. The summed E-state index contributed by atoms with van der Waals surface area (Å²) in [6, 6.07) is 6.93. The first-order chi connectivity index (χ1) is 9.50. The predicted molar refractivity (Wildman–Crippen MR) is 80.9 cm³/mol. The fraction of sp³-hybridized carbons (Fsp3) is 0.588. The van der Waals surface area contributed by atoms with Gasteiger partial charge in [0, 0.05) is 6.42 Å². The zero-order chi connectivity index (χ0) is 14.6. The number of nitrogens with zero attached hydrogens (tertiary/aromatic N) is 1. The SMILES string of the molecule is CC(C)(C(=O)Cc1ccc(O)cc1)N1CCCCCC1. The summed E-state index contributed by atoms with van der Waals surface area (Å²) in [4.78, 5) is 15.0. The van der Waals surface area contributed by atoms with E-state index < -0.39 is 5.54 Å². The van der Waals surface area contributed by atoms with Crippen molar-refractivity contribution in [3.8, 4) is 5.75 Å². The van der Waals surface area contributed by atoms with Gasteiger partial charge in [0.05, 0.1) is 5.54 Å². The molecule has 0 radical (unpaired) electrons. The van der Waals surface area contributed by atoms with E-state index in [1.807, 2.05) is 26.0 Å². The third kappa shape index (κ3) is 3.60. The zero-order valence-electron chi connectivity index (χ0n) is 12.6. The van der Waals surface area contributed by atoms with Crippen molar-refractivity contribution < 1.29 is 9.90 Å². The van der Waals surface area contributed by atoms with Crippen molar-refractivity contribution in [3.63, 3.8) is 0 Å². The highest BCUT2D eigenvalue weighted by molar-refractivity contribution is 5.89. The summed E-state index contributed by atoms with van der Waals surface area (Å²) in [6.45, 7) is 6.13. The second kappa shape index (κ2) is 6.40. The van der Waals surface area contributed by atoms with Gasteiger partial charge in [-0.25, -0.2) is 0 Å². The minimum Gasteiger partial charge on any atom is -0.508 e. The van der Waals surface area contributed by atoms with Crippen LogP contribution in [0.5, 0.6) is 5.75 Å².